The van der Waals surface area contributed by atoms with E-state index in [-0.39, 0.29) is 31.5 Å². The van der Waals surface area contributed by atoms with Crippen molar-refractivity contribution in [2.45, 2.75) is 68.7 Å². The van der Waals surface area contributed by atoms with E-state index in [0.29, 0.717) is 25.7 Å². The van der Waals surface area contributed by atoms with Crippen molar-refractivity contribution < 1.29 is 33.9 Å². The first kappa shape index (κ1) is 28.6. The summed E-state index contributed by atoms with van der Waals surface area (Å²) in [6.07, 6.45) is 1.04. The van der Waals surface area contributed by atoms with Gasteiger partial charge in [-0.1, -0.05) is 0 Å². The van der Waals surface area contributed by atoms with E-state index in [1.54, 1.807) is 0 Å². The van der Waals surface area contributed by atoms with Crippen LogP contribution in [0.2, 0.25) is 0 Å². The van der Waals surface area contributed by atoms with Crippen LogP contribution in [-0.2, 0) is 28.8 Å². The van der Waals surface area contributed by atoms with Crippen LogP contribution < -0.4 is 38.5 Å². The Balaban J connectivity index is 1.91. The summed E-state index contributed by atoms with van der Waals surface area (Å²) in [5.74, 6) is -5.36. The van der Waals surface area contributed by atoms with E-state index in [1.807, 2.05) is 0 Å². The van der Waals surface area contributed by atoms with Crippen molar-refractivity contribution in [3.8, 4) is 0 Å². The number of amides is 5. The lowest BCUT2D eigenvalue weighted by Gasteiger charge is -2.42. The van der Waals surface area contributed by atoms with E-state index >= 15 is 0 Å². The molecule has 3 aliphatic rings. The van der Waals surface area contributed by atoms with Crippen molar-refractivity contribution in [1.29, 1.82) is 0 Å². The smallest absolute Gasteiger partial charge is 0.305 e. The largest absolute Gasteiger partial charge is 0.481 e. The lowest BCUT2D eigenvalue weighted by molar-refractivity contribution is -0.149. The van der Waals surface area contributed by atoms with Crippen molar-refractivity contribution in [3.63, 3.8) is 0 Å². The molecule has 6 atom stereocenters. The summed E-state index contributed by atoms with van der Waals surface area (Å²) in [7, 11) is 0. The lowest BCUT2D eigenvalue weighted by Crippen LogP contribution is -2.64. The summed E-state index contributed by atoms with van der Waals surface area (Å²) in [6.45, 7) is -0.302. The van der Waals surface area contributed by atoms with Crippen LogP contribution >= 0.6 is 0 Å². The zero-order valence-corrected chi connectivity index (χ0v) is 20.9. The minimum Gasteiger partial charge on any atom is -0.481 e. The molecular weight excluding hydrogens is 502 g/mol. The number of carbonyl (C=O) groups is 6. The average Bonchev–Trinajstić information content (AvgIpc) is 3.28. The maximum Gasteiger partial charge on any atom is 0.305 e. The first-order valence-corrected chi connectivity index (χ1v) is 12.5. The maximum absolute atomic E-state index is 13.6. The fraction of sp³-hybridized carbons (Fsp3) is 0.682. The van der Waals surface area contributed by atoms with Gasteiger partial charge in [0.1, 0.15) is 24.2 Å². The first-order valence-electron chi connectivity index (χ1n) is 12.5. The van der Waals surface area contributed by atoms with E-state index in [2.05, 4.69) is 26.3 Å². The molecule has 0 saturated carbocycles. The van der Waals surface area contributed by atoms with Crippen LogP contribution in [0.4, 0.5) is 0 Å². The third-order valence-corrected chi connectivity index (χ3v) is 7.00. The molecule has 3 fully saturated rings. The third-order valence-electron chi connectivity index (χ3n) is 7.00. The third kappa shape index (κ3) is 6.87. The van der Waals surface area contributed by atoms with Crippen molar-refractivity contribution in [3.05, 3.63) is 0 Å². The second kappa shape index (κ2) is 12.5. The second-order valence-electron chi connectivity index (χ2n) is 9.66. The quantitative estimate of drug-likeness (QED) is 0.0875. The highest BCUT2D eigenvalue weighted by Crippen LogP contribution is 2.35. The highest BCUT2D eigenvalue weighted by Gasteiger charge is 2.50. The van der Waals surface area contributed by atoms with E-state index in [4.69, 9.17) is 17.2 Å². The normalized spacial score (nSPS) is 30.2. The molecule has 3 rings (SSSR count). The zero-order chi connectivity index (χ0) is 28.0. The summed E-state index contributed by atoms with van der Waals surface area (Å²) < 4.78 is 0. The molecule has 2 unspecified atom stereocenters. The second-order valence-corrected chi connectivity index (χ2v) is 9.66. The average molecular weight is 538 g/mol. The van der Waals surface area contributed by atoms with Gasteiger partial charge in [-0.2, -0.15) is 0 Å². The molecule has 2 bridgehead atoms. The first-order chi connectivity index (χ1) is 18.0. The molecule has 0 aromatic rings. The van der Waals surface area contributed by atoms with Crippen LogP contribution in [0.3, 0.4) is 0 Å². The number of hydrogen-bond donors (Lipinski definition) is 8. The molecule has 3 aliphatic heterocycles. The molecule has 11 N–H and O–H groups in total. The number of carboxylic acids is 1. The van der Waals surface area contributed by atoms with Gasteiger partial charge in [0, 0.05) is 18.5 Å². The number of piperidine rings is 1. The minimum absolute atomic E-state index is 0.0735. The Morgan fingerprint density at radius 1 is 1.00 bits per heavy atom. The van der Waals surface area contributed by atoms with Gasteiger partial charge < -0.3 is 48.5 Å². The molecule has 5 amide bonds. The van der Waals surface area contributed by atoms with Crippen molar-refractivity contribution in [2.24, 2.45) is 28.1 Å². The van der Waals surface area contributed by atoms with Gasteiger partial charge in [0.15, 0.2) is 5.96 Å². The standard InChI is InChI=1S/C22H35N9O7/c23-8-10-6-11-3-4-14-20(37)29-12(2-1-5-26-22(24)25)18(35)27-9-15(32)28-13(7-16(33)34)19(36)30-17(10)21(38)31(11)14/h10-14,17H,1-9,23H2,(H,27,35)(H,28,32)(H,29,37)(H,30,36)(H,33,34)(H4,24,25,26)/t10?,11-,12?,13-,14-,17+/m0/s1. The van der Waals surface area contributed by atoms with Gasteiger partial charge in [-0.25, -0.2) is 0 Å². The Bertz CT molecular complexity index is 1000. The van der Waals surface area contributed by atoms with Crippen LogP contribution in [-0.4, -0.2) is 101 Å². The van der Waals surface area contributed by atoms with Gasteiger partial charge in [0.25, 0.3) is 0 Å². The van der Waals surface area contributed by atoms with E-state index in [1.165, 1.54) is 4.90 Å². The number of fused-ring (bicyclic) bond motifs is 1. The van der Waals surface area contributed by atoms with Gasteiger partial charge in [0.05, 0.1) is 13.0 Å². The Kier molecular flexibility index (Phi) is 9.44. The van der Waals surface area contributed by atoms with Crippen LogP contribution in [0.5, 0.6) is 0 Å². The number of guanidine groups is 1. The van der Waals surface area contributed by atoms with Crippen molar-refractivity contribution in [1.82, 2.24) is 26.2 Å². The van der Waals surface area contributed by atoms with Gasteiger partial charge >= 0.3 is 5.97 Å². The van der Waals surface area contributed by atoms with Crippen LogP contribution in [0.25, 0.3) is 0 Å². The molecule has 3 heterocycles. The Morgan fingerprint density at radius 2 is 1.74 bits per heavy atom. The van der Waals surface area contributed by atoms with Gasteiger partial charge in [0.2, 0.25) is 29.5 Å². The molecule has 210 valence electrons. The van der Waals surface area contributed by atoms with Gasteiger partial charge in [-0.15, -0.1) is 0 Å². The predicted octanol–water partition coefficient (Wildman–Crippen LogP) is -4.56. The number of nitrogens with zero attached hydrogens (tertiary/aromatic N) is 2. The van der Waals surface area contributed by atoms with Crippen molar-refractivity contribution >= 4 is 41.5 Å². The summed E-state index contributed by atoms with van der Waals surface area (Å²) >= 11 is 0. The number of aliphatic imine (C=N–C) groups is 1. The topological polar surface area (TPSA) is 264 Å². The molecule has 38 heavy (non-hydrogen) atoms. The molecule has 16 heteroatoms. The lowest BCUT2D eigenvalue weighted by atomic mass is 9.86. The van der Waals surface area contributed by atoms with E-state index in [9.17, 15) is 33.9 Å². The molecule has 16 nitrogen and oxygen atoms in total. The predicted molar refractivity (Wildman–Crippen MR) is 132 cm³/mol. The molecule has 0 spiro atoms. The molecule has 3 saturated heterocycles. The molecule has 0 aromatic carbocycles. The highest BCUT2D eigenvalue weighted by molar-refractivity contribution is 5.98. The number of hydrogen-bond acceptors (Lipinski definition) is 8. The Hall–Kier alpha value is -3.95. The van der Waals surface area contributed by atoms with E-state index < -0.39 is 78.6 Å². The summed E-state index contributed by atoms with van der Waals surface area (Å²) in [5, 5.41) is 19.2. The summed E-state index contributed by atoms with van der Waals surface area (Å²) in [6, 6.07) is -4.82. The van der Waals surface area contributed by atoms with Gasteiger partial charge in [-0.3, -0.25) is 33.8 Å². The summed E-state index contributed by atoms with van der Waals surface area (Å²) in [5.41, 5.74) is 16.6. The van der Waals surface area contributed by atoms with Crippen molar-refractivity contribution in [2.75, 3.05) is 19.6 Å². The minimum atomic E-state index is -1.50. The SMILES string of the molecule is NCC1C[C@@H]2CC[C@H]3C(=O)NC(CCCN=C(N)N)C(=O)NCC(=O)N[C@@H](CC(=O)O)C(=O)N[C@H]1C(=O)N23. The van der Waals surface area contributed by atoms with Crippen LogP contribution in [0.1, 0.15) is 38.5 Å². The number of nitrogens with one attached hydrogen (secondary N) is 4. The van der Waals surface area contributed by atoms with Crippen LogP contribution in [0, 0.1) is 5.92 Å². The molecule has 0 radical (unpaired) electrons. The Morgan fingerprint density at radius 3 is 2.39 bits per heavy atom. The zero-order valence-electron chi connectivity index (χ0n) is 20.9. The number of carboxylic acid groups (broad SMARTS) is 1. The monoisotopic (exact) mass is 537 g/mol. The molecular formula is C22H35N9O7. The van der Waals surface area contributed by atoms with Gasteiger partial charge in [-0.05, 0) is 38.6 Å². The highest BCUT2D eigenvalue weighted by atomic mass is 16.4. The maximum atomic E-state index is 13.6. The molecule has 0 aliphatic carbocycles. The fourth-order valence-electron chi connectivity index (χ4n) is 5.18. The number of rotatable bonds is 7. The number of carbonyl (C=O) groups excluding carboxylic acids is 5. The van der Waals surface area contributed by atoms with Crippen LogP contribution in [0.15, 0.2) is 4.99 Å². The molecule has 0 aromatic heterocycles. The Labute approximate surface area is 218 Å². The number of nitrogens with two attached hydrogens (primary N) is 3. The number of aliphatic carboxylic acids is 1. The summed E-state index contributed by atoms with van der Waals surface area (Å²) in [4.78, 5) is 81.9. The van der Waals surface area contributed by atoms with E-state index in [0.717, 1.165) is 0 Å². The fourth-order valence-corrected chi connectivity index (χ4v) is 5.18.